The Kier molecular flexibility index (Phi) is 28.8. The number of carbonyl (C=O) groups is 4. The summed E-state index contributed by atoms with van der Waals surface area (Å²) in [5, 5.41) is 251. The minimum atomic E-state index is -2.94. The molecule has 0 bridgehead atoms. The second-order valence-electron chi connectivity index (χ2n) is 21.0. The average Bonchev–Trinajstić information content (AvgIpc) is 3.34. The van der Waals surface area contributed by atoms with Crippen LogP contribution in [0.4, 0.5) is 0 Å². The van der Waals surface area contributed by atoms with Gasteiger partial charge in [0.25, 0.3) is 0 Å². The fourth-order valence-corrected chi connectivity index (χ4v) is 10.1. The predicted octanol–water partition coefficient (Wildman–Crippen LogP) is -19.1. The molecule has 0 aromatic heterocycles. The van der Waals surface area contributed by atoms with Crippen molar-refractivity contribution in [2.24, 2.45) is 0 Å². The number of amides is 2. The molecule has 500 valence electrons. The number of nitrogens with one attached hydrogen (secondary N) is 2. The van der Waals surface area contributed by atoms with Crippen LogP contribution in [0.3, 0.4) is 0 Å². The topological polar surface area (TPSA) is 676 Å². The van der Waals surface area contributed by atoms with E-state index >= 15 is 0 Å². The number of hydrogen-bond acceptors (Lipinski definition) is 38. The van der Waals surface area contributed by atoms with E-state index in [9.17, 15) is 142 Å². The van der Waals surface area contributed by atoms with Gasteiger partial charge in [0.1, 0.15) is 146 Å². The molecule has 0 aromatic carbocycles. The van der Waals surface area contributed by atoms with Crippen molar-refractivity contribution in [2.75, 3.05) is 39.6 Å². The molecule has 41 heteroatoms. The van der Waals surface area contributed by atoms with Gasteiger partial charge in [-0.3, -0.25) is 9.59 Å². The zero-order valence-electron chi connectivity index (χ0n) is 46.1. The third-order valence-electron chi connectivity index (χ3n) is 14.9. The van der Waals surface area contributed by atoms with E-state index in [4.69, 9.17) is 47.4 Å². The molecule has 6 rings (SSSR count). The van der Waals surface area contributed by atoms with Crippen LogP contribution in [0.25, 0.3) is 0 Å². The van der Waals surface area contributed by atoms with E-state index in [1.807, 2.05) is 0 Å². The molecular formula is C46H76N2O38Zn. The van der Waals surface area contributed by atoms with Crippen LogP contribution in [0.2, 0.25) is 0 Å². The molecule has 0 radical (unpaired) electrons. The molecule has 6 saturated heterocycles. The van der Waals surface area contributed by atoms with E-state index in [1.54, 1.807) is 0 Å². The Morgan fingerprint density at radius 1 is 0.483 bits per heavy atom. The number of aliphatic hydroxyl groups is 22. The third kappa shape index (κ3) is 17.5. The zero-order chi connectivity index (χ0) is 64.8. The first kappa shape index (κ1) is 76.7. The molecule has 6 heterocycles. The van der Waals surface area contributed by atoms with Crippen molar-refractivity contribution in [2.45, 2.75) is 222 Å². The van der Waals surface area contributed by atoms with E-state index in [0.717, 1.165) is 13.8 Å². The molecule has 6 fully saturated rings. The largest absolute Gasteiger partial charge is 2.00 e. The van der Waals surface area contributed by atoms with Crippen LogP contribution in [-0.2, 0) is 86.0 Å². The fourth-order valence-electron chi connectivity index (χ4n) is 10.1. The number of ether oxygens (including phenoxy) is 10. The number of rotatable bonds is 22. The van der Waals surface area contributed by atoms with E-state index in [1.165, 1.54) is 0 Å². The molecule has 40 nitrogen and oxygen atoms in total. The van der Waals surface area contributed by atoms with Crippen LogP contribution in [0.15, 0.2) is 0 Å². The smallest absolute Gasteiger partial charge is 0.544 e. The normalized spacial score (nSPS) is 44.7. The zero-order valence-corrected chi connectivity index (χ0v) is 49.0. The summed E-state index contributed by atoms with van der Waals surface area (Å²) in [5.41, 5.74) is 0. The van der Waals surface area contributed by atoms with Crippen LogP contribution in [0, 0.1) is 0 Å². The van der Waals surface area contributed by atoms with Gasteiger partial charge >= 0.3 is 19.5 Å². The maximum atomic E-state index is 12.2. The minimum absolute atomic E-state index is 0. The van der Waals surface area contributed by atoms with Crippen molar-refractivity contribution in [3.8, 4) is 0 Å². The monoisotopic (exact) mass is 1330 g/mol. The average molecular weight is 1330 g/mol. The Morgan fingerprint density at radius 3 is 1.08 bits per heavy atom. The Hall–Kier alpha value is -2.78. The quantitative estimate of drug-likeness (QED) is 0.0448. The molecule has 6 aliphatic rings. The molecule has 0 aromatic rings. The summed E-state index contributed by atoms with van der Waals surface area (Å²) < 4.78 is 53.1. The summed E-state index contributed by atoms with van der Waals surface area (Å²) in [4.78, 5) is 47.8. The minimum Gasteiger partial charge on any atom is -0.544 e. The maximum Gasteiger partial charge on any atom is 2.00 e. The van der Waals surface area contributed by atoms with Gasteiger partial charge in [0.15, 0.2) is 25.2 Å². The Labute approximate surface area is 503 Å². The summed E-state index contributed by atoms with van der Waals surface area (Å²) in [5.74, 6) is -11.6. The van der Waals surface area contributed by atoms with Gasteiger partial charge in [-0.1, -0.05) is 0 Å². The first-order valence-electron chi connectivity index (χ1n) is 26.4. The van der Waals surface area contributed by atoms with E-state index in [-0.39, 0.29) is 19.5 Å². The van der Waals surface area contributed by atoms with Gasteiger partial charge in [-0.15, -0.1) is 0 Å². The number of carboxylic acids is 2. The van der Waals surface area contributed by atoms with Crippen molar-refractivity contribution in [3.05, 3.63) is 0 Å². The number of carbonyl (C=O) groups excluding carboxylic acids is 4. The molecule has 32 atom stereocenters. The fraction of sp³-hybridized carbons (Fsp3) is 0.913. The second-order valence-corrected chi connectivity index (χ2v) is 21.0. The van der Waals surface area contributed by atoms with Gasteiger partial charge < -0.3 is 190 Å². The molecule has 0 aliphatic carbocycles. The number of hydrogen-bond donors (Lipinski definition) is 24. The number of carboxylic acid groups (broad SMARTS) is 2. The van der Waals surface area contributed by atoms with Crippen LogP contribution in [0.1, 0.15) is 26.7 Å². The molecule has 0 unspecified atom stereocenters. The van der Waals surface area contributed by atoms with Gasteiger partial charge in [-0.05, 0) is 0 Å². The molecule has 87 heavy (non-hydrogen) atoms. The second kappa shape index (κ2) is 32.7. The van der Waals surface area contributed by atoms with Gasteiger partial charge in [-0.25, -0.2) is 0 Å². The van der Waals surface area contributed by atoms with Gasteiger partial charge in [-0.2, -0.15) is 0 Å². The van der Waals surface area contributed by atoms with E-state index < -0.39 is 272 Å². The van der Waals surface area contributed by atoms with Gasteiger partial charge in [0.2, 0.25) is 23.4 Å². The SMILES string of the molecule is CC(=O)N[C@H]1[C@H]([C@H](O)[C@H](O)CO)O[C@@](OC[C@H]2O[C@@H](O[C@H]3[C@H](O)[C@@H](O)[C@H](O)O[C@@H]3CO)[C@H](O)[C@@H](O)[C@H]2O)(C(=O)[O-])C[C@@H]1O.CC(=O)N[C@H]1[C@H]([C@H](O)[C@H](O)CO)O[C@@](OC[C@H]2O[C@@H](O[C@H]3[C@H](O)[C@@H](O)[C@H](O)O[C@@H]3CO)[C@H](O)[C@@H](O)[C@H]2O)(C(=O)[O-])C[C@@H]1O.[Zn+2]. The number of aliphatic hydroxyl groups excluding tert-OH is 22. The first-order valence-corrected chi connectivity index (χ1v) is 26.4. The van der Waals surface area contributed by atoms with Crippen molar-refractivity contribution in [1.29, 1.82) is 0 Å². The predicted molar refractivity (Wildman–Crippen MR) is 255 cm³/mol. The molecular weight excluding hydrogens is 1250 g/mol. The van der Waals surface area contributed by atoms with Crippen molar-refractivity contribution in [1.82, 2.24) is 10.6 Å². The summed E-state index contributed by atoms with van der Waals surface area (Å²) in [6.07, 6.45) is -54.5. The summed E-state index contributed by atoms with van der Waals surface area (Å²) >= 11 is 0. The van der Waals surface area contributed by atoms with Crippen LogP contribution < -0.4 is 20.8 Å². The summed E-state index contributed by atoms with van der Waals surface area (Å²) in [6.45, 7) is -3.68. The molecule has 24 N–H and O–H groups in total. The molecule has 0 saturated carbocycles. The van der Waals surface area contributed by atoms with Gasteiger partial charge in [0, 0.05) is 26.7 Å². The van der Waals surface area contributed by atoms with Crippen LogP contribution >= 0.6 is 0 Å². The van der Waals surface area contributed by atoms with Crippen molar-refractivity contribution in [3.63, 3.8) is 0 Å². The van der Waals surface area contributed by atoms with E-state index in [2.05, 4.69) is 10.6 Å². The summed E-state index contributed by atoms with van der Waals surface area (Å²) in [7, 11) is 0. The summed E-state index contributed by atoms with van der Waals surface area (Å²) in [6, 6.07) is -3.01. The molecule has 6 aliphatic heterocycles. The Balaban J connectivity index is 0.000000368. The van der Waals surface area contributed by atoms with E-state index in [0.29, 0.717) is 0 Å². The van der Waals surface area contributed by atoms with Crippen LogP contribution in [0.5, 0.6) is 0 Å². The van der Waals surface area contributed by atoms with Gasteiger partial charge in [0.05, 0.1) is 63.9 Å². The van der Waals surface area contributed by atoms with Crippen LogP contribution in [-0.4, -0.2) is 371 Å². The number of aliphatic carboxylic acids is 2. The Morgan fingerprint density at radius 2 is 0.805 bits per heavy atom. The maximum absolute atomic E-state index is 12.2. The molecule has 0 spiro atoms. The van der Waals surface area contributed by atoms with Crippen molar-refractivity contribution >= 4 is 23.8 Å². The first-order chi connectivity index (χ1) is 40.2. The standard InChI is InChI=1S/2C23H39NO19.Zn/c2*1-6(27)24-11-7(28)2-23(22(37)38,43-19(11)12(30)8(29)3-25)39-5-10-13(31)14(32)17(35)21(41-10)42-18-9(4-26)40-20(36)16(34)15(18)33;/h2*7-21,25-26,28-36H,2-5H2,1H3,(H,24,27)(H,37,38);/q;;+2/p-2/t2*7-,8+,9+,10+,11+,12+,13-,14-,15+,16+,17+,18+,19+,20+,21-,23+;/m00./s1. The molecule has 2 amide bonds. The Bertz CT molecular complexity index is 2040. The third-order valence-corrected chi connectivity index (χ3v) is 14.9. The van der Waals surface area contributed by atoms with Crippen molar-refractivity contribution < 1.29 is 209 Å².